The van der Waals surface area contributed by atoms with Crippen LogP contribution < -0.4 is 24.8 Å². The van der Waals surface area contributed by atoms with Crippen molar-refractivity contribution in [1.82, 2.24) is 25.1 Å². The number of aromatic nitrogens is 4. The standard InChI is InChI=1S/C31H32N6O7/c1-18(2)33-28(38)17-44-22-7-5-6-19(13-22)29-35-24-15-26(42-4)27(43-11-10-41-3)14-23(24)30(36-29)34-21-8-9-25-20(12-21)16-32-37(25)31(39)40/h5-9,12-16,18H,10-11,17H2,1-4H3,(H,33,38)(H,39,40)(H,34,35,36). The Morgan fingerprint density at radius 3 is 2.57 bits per heavy atom. The minimum atomic E-state index is -1.17. The van der Waals surface area contributed by atoms with E-state index in [-0.39, 0.29) is 18.6 Å². The van der Waals surface area contributed by atoms with Crippen LogP contribution in [0.5, 0.6) is 17.2 Å². The second-order valence-electron chi connectivity index (χ2n) is 10.0. The summed E-state index contributed by atoms with van der Waals surface area (Å²) in [4.78, 5) is 33.3. The van der Waals surface area contributed by atoms with Gasteiger partial charge < -0.3 is 34.7 Å². The Labute approximate surface area is 252 Å². The van der Waals surface area contributed by atoms with Crippen LogP contribution >= 0.6 is 0 Å². The molecular formula is C31H32N6O7. The Kier molecular flexibility index (Phi) is 9.05. The maximum Gasteiger partial charge on any atom is 0.432 e. The van der Waals surface area contributed by atoms with E-state index in [2.05, 4.69) is 15.7 Å². The zero-order chi connectivity index (χ0) is 31.2. The summed E-state index contributed by atoms with van der Waals surface area (Å²) in [5, 5.41) is 20.8. The van der Waals surface area contributed by atoms with Gasteiger partial charge in [-0.15, -0.1) is 0 Å². The van der Waals surface area contributed by atoms with Crippen molar-refractivity contribution in [3.05, 3.63) is 60.8 Å². The van der Waals surface area contributed by atoms with E-state index in [1.165, 1.54) is 6.20 Å². The third-order valence-corrected chi connectivity index (χ3v) is 6.45. The number of benzene rings is 3. The molecule has 0 fully saturated rings. The minimum Gasteiger partial charge on any atom is -0.493 e. The normalized spacial score (nSPS) is 11.1. The predicted octanol–water partition coefficient (Wildman–Crippen LogP) is 4.85. The van der Waals surface area contributed by atoms with E-state index in [9.17, 15) is 14.7 Å². The van der Waals surface area contributed by atoms with Crippen molar-refractivity contribution in [2.75, 3.05) is 39.4 Å². The Balaban J connectivity index is 1.56. The molecule has 13 heteroatoms. The van der Waals surface area contributed by atoms with Crippen LogP contribution in [0.15, 0.2) is 60.8 Å². The molecule has 0 bridgehead atoms. The van der Waals surface area contributed by atoms with Crippen molar-refractivity contribution in [1.29, 1.82) is 0 Å². The molecule has 3 N–H and O–H groups in total. The molecule has 13 nitrogen and oxygen atoms in total. The highest BCUT2D eigenvalue weighted by Gasteiger charge is 2.17. The molecule has 44 heavy (non-hydrogen) atoms. The number of carboxylic acid groups (broad SMARTS) is 1. The fraction of sp³-hybridized carbons (Fsp3) is 0.258. The molecule has 0 atom stereocenters. The van der Waals surface area contributed by atoms with Crippen molar-refractivity contribution in [2.45, 2.75) is 19.9 Å². The van der Waals surface area contributed by atoms with Gasteiger partial charge in [0.05, 0.1) is 30.9 Å². The summed E-state index contributed by atoms with van der Waals surface area (Å²) < 4.78 is 23.3. The van der Waals surface area contributed by atoms with Gasteiger partial charge in [-0.3, -0.25) is 4.79 Å². The lowest BCUT2D eigenvalue weighted by Gasteiger charge is -2.16. The van der Waals surface area contributed by atoms with E-state index in [4.69, 9.17) is 28.9 Å². The summed E-state index contributed by atoms with van der Waals surface area (Å²) >= 11 is 0. The summed E-state index contributed by atoms with van der Waals surface area (Å²) in [6, 6.07) is 15.9. The van der Waals surface area contributed by atoms with Gasteiger partial charge in [0.2, 0.25) is 0 Å². The van der Waals surface area contributed by atoms with Crippen LogP contribution in [0.25, 0.3) is 33.2 Å². The first kappa shape index (κ1) is 30.0. The first-order valence-corrected chi connectivity index (χ1v) is 13.8. The smallest absolute Gasteiger partial charge is 0.432 e. The number of amides is 1. The number of anilines is 2. The topological polar surface area (TPSA) is 159 Å². The Hall–Kier alpha value is -5.43. The molecule has 0 radical (unpaired) electrons. The van der Waals surface area contributed by atoms with E-state index in [0.717, 1.165) is 4.68 Å². The zero-order valence-electron chi connectivity index (χ0n) is 24.7. The van der Waals surface area contributed by atoms with Gasteiger partial charge in [-0.1, -0.05) is 12.1 Å². The van der Waals surface area contributed by atoms with Crippen molar-refractivity contribution in [3.8, 4) is 28.6 Å². The number of ether oxygens (including phenoxy) is 4. The molecule has 228 valence electrons. The molecule has 2 heterocycles. The third kappa shape index (κ3) is 6.79. The molecule has 5 aromatic rings. The van der Waals surface area contributed by atoms with Crippen LogP contribution in [0.2, 0.25) is 0 Å². The molecule has 0 saturated heterocycles. The molecule has 1 amide bonds. The molecule has 0 aliphatic heterocycles. The highest BCUT2D eigenvalue weighted by Crippen LogP contribution is 2.37. The largest absolute Gasteiger partial charge is 0.493 e. The molecule has 0 saturated carbocycles. The highest BCUT2D eigenvalue weighted by molar-refractivity contribution is 5.96. The maximum absolute atomic E-state index is 12.1. The molecule has 3 aromatic carbocycles. The van der Waals surface area contributed by atoms with Crippen LogP contribution in [0.1, 0.15) is 13.8 Å². The number of hydrogen-bond acceptors (Lipinski definition) is 10. The molecular weight excluding hydrogens is 568 g/mol. The van der Waals surface area contributed by atoms with Crippen molar-refractivity contribution in [2.24, 2.45) is 0 Å². The summed E-state index contributed by atoms with van der Waals surface area (Å²) in [5.41, 5.74) is 2.35. The lowest BCUT2D eigenvalue weighted by atomic mass is 10.1. The minimum absolute atomic E-state index is 0.00584. The summed E-state index contributed by atoms with van der Waals surface area (Å²) in [5.74, 6) is 2.11. The Bertz CT molecular complexity index is 1820. The van der Waals surface area contributed by atoms with E-state index in [1.807, 2.05) is 19.9 Å². The molecule has 0 spiro atoms. The fourth-order valence-electron chi connectivity index (χ4n) is 4.51. The van der Waals surface area contributed by atoms with Crippen LogP contribution in [-0.4, -0.2) is 76.9 Å². The average molecular weight is 601 g/mol. The third-order valence-electron chi connectivity index (χ3n) is 6.45. The monoisotopic (exact) mass is 600 g/mol. The SMILES string of the molecule is COCCOc1cc2c(Nc3ccc4c(cnn4C(=O)O)c3)nc(-c3cccc(OCC(=O)NC(C)C)c3)nc2cc1OC. The highest BCUT2D eigenvalue weighted by atomic mass is 16.5. The van der Waals surface area contributed by atoms with E-state index in [1.54, 1.807) is 62.8 Å². The van der Waals surface area contributed by atoms with Crippen molar-refractivity contribution in [3.63, 3.8) is 0 Å². The number of carbonyl (C=O) groups is 2. The maximum atomic E-state index is 12.1. The summed E-state index contributed by atoms with van der Waals surface area (Å²) in [6.45, 7) is 4.34. The first-order chi connectivity index (χ1) is 21.2. The lowest BCUT2D eigenvalue weighted by Crippen LogP contribution is -2.34. The molecule has 0 aliphatic rings. The molecule has 2 aromatic heterocycles. The number of hydrogen-bond donors (Lipinski definition) is 3. The van der Waals surface area contributed by atoms with Gasteiger partial charge in [0.15, 0.2) is 23.9 Å². The summed E-state index contributed by atoms with van der Waals surface area (Å²) in [6.07, 6.45) is 0.311. The number of carbonyl (C=O) groups excluding carboxylic acids is 1. The second kappa shape index (κ2) is 13.3. The van der Waals surface area contributed by atoms with Gasteiger partial charge in [-0.2, -0.15) is 9.78 Å². The average Bonchev–Trinajstić information content (AvgIpc) is 3.43. The second-order valence-corrected chi connectivity index (χ2v) is 10.0. The number of nitrogens with zero attached hydrogens (tertiary/aromatic N) is 4. The fourth-order valence-corrected chi connectivity index (χ4v) is 4.51. The zero-order valence-corrected chi connectivity index (χ0v) is 24.7. The van der Waals surface area contributed by atoms with Gasteiger partial charge in [0.1, 0.15) is 18.2 Å². The molecule has 0 aliphatic carbocycles. The van der Waals surface area contributed by atoms with Crippen LogP contribution in [0.4, 0.5) is 16.3 Å². The number of rotatable bonds is 12. The van der Waals surface area contributed by atoms with E-state index in [0.29, 0.717) is 75.2 Å². The Morgan fingerprint density at radius 1 is 0.977 bits per heavy atom. The number of nitrogens with one attached hydrogen (secondary N) is 2. The molecule has 5 rings (SSSR count). The van der Waals surface area contributed by atoms with Crippen molar-refractivity contribution < 1.29 is 33.6 Å². The van der Waals surface area contributed by atoms with Gasteiger partial charge in [-0.05, 0) is 50.2 Å². The first-order valence-electron chi connectivity index (χ1n) is 13.8. The van der Waals surface area contributed by atoms with E-state index < -0.39 is 6.09 Å². The predicted molar refractivity (Wildman–Crippen MR) is 164 cm³/mol. The van der Waals surface area contributed by atoms with Crippen LogP contribution in [-0.2, 0) is 9.53 Å². The van der Waals surface area contributed by atoms with Gasteiger partial charge in [-0.25, -0.2) is 14.8 Å². The summed E-state index contributed by atoms with van der Waals surface area (Å²) in [7, 11) is 3.14. The van der Waals surface area contributed by atoms with Crippen molar-refractivity contribution >= 4 is 45.3 Å². The van der Waals surface area contributed by atoms with E-state index >= 15 is 0 Å². The molecule has 0 unspecified atom stereocenters. The van der Waals surface area contributed by atoms with Gasteiger partial charge in [0, 0.05) is 41.2 Å². The number of methoxy groups -OCH3 is 2. The van der Waals surface area contributed by atoms with Gasteiger partial charge in [0.25, 0.3) is 5.91 Å². The van der Waals surface area contributed by atoms with Crippen LogP contribution in [0, 0.1) is 0 Å². The van der Waals surface area contributed by atoms with Gasteiger partial charge >= 0.3 is 6.09 Å². The quantitative estimate of drug-likeness (QED) is 0.168. The number of fused-ring (bicyclic) bond motifs is 2. The van der Waals surface area contributed by atoms with Crippen LogP contribution in [0.3, 0.4) is 0 Å². The lowest BCUT2D eigenvalue weighted by molar-refractivity contribution is -0.123. The Morgan fingerprint density at radius 2 is 1.82 bits per heavy atom.